The molecule has 2 N–H and O–H groups in total. The van der Waals surface area contributed by atoms with Crippen LogP contribution in [0.15, 0.2) is 6.20 Å². The standard InChI is InChI=1S/C16H29N3O3/c1-14-15(11-19(17-14)7-8-20)10-18-6-3-4-16(12-18,13-21)5-9-22-2/h11,20-21H,3-10,12-13H2,1-2H3/t16-/m1/s1. The van der Waals surface area contributed by atoms with E-state index in [0.717, 1.165) is 44.6 Å². The molecule has 1 atom stereocenters. The quantitative estimate of drug-likeness (QED) is 0.743. The van der Waals surface area contributed by atoms with Crippen LogP contribution in [0.3, 0.4) is 0 Å². The number of aryl methyl sites for hydroxylation is 1. The molecular weight excluding hydrogens is 282 g/mol. The van der Waals surface area contributed by atoms with E-state index in [1.54, 1.807) is 11.8 Å². The summed E-state index contributed by atoms with van der Waals surface area (Å²) in [4.78, 5) is 2.41. The Bertz CT molecular complexity index is 463. The first-order valence-electron chi connectivity index (χ1n) is 8.08. The van der Waals surface area contributed by atoms with Gasteiger partial charge in [0.15, 0.2) is 0 Å². The number of aromatic nitrogens is 2. The minimum atomic E-state index is -0.0384. The van der Waals surface area contributed by atoms with E-state index in [4.69, 9.17) is 9.84 Å². The fourth-order valence-corrected chi connectivity index (χ4v) is 3.35. The molecule has 126 valence electrons. The third-order valence-corrected chi connectivity index (χ3v) is 4.68. The average molecular weight is 311 g/mol. The molecule has 1 saturated heterocycles. The second-order valence-electron chi connectivity index (χ2n) is 6.44. The van der Waals surface area contributed by atoms with Crippen molar-refractivity contribution in [2.24, 2.45) is 5.41 Å². The number of hydrogen-bond donors (Lipinski definition) is 2. The molecule has 1 aliphatic rings. The monoisotopic (exact) mass is 311 g/mol. The minimum Gasteiger partial charge on any atom is -0.396 e. The largest absolute Gasteiger partial charge is 0.396 e. The van der Waals surface area contributed by atoms with Gasteiger partial charge in [0.25, 0.3) is 0 Å². The Morgan fingerprint density at radius 1 is 1.41 bits per heavy atom. The maximum absolute atomic E-state index is 9.85. The van der Waals surface area contributed by atoms with Crippen LogP contribution in [0.1, 0.15) is 30.5 Å². The van der Waals surface area contributed by atoms with Crippen molar-refractivity contribution >= 4 is 0 Å². The molecule has 0 aliphatic carbocycles. The van der Waals surface area contributed by atoms with Gasteiger partial charge < -0.3 is 14.9 Å². The molecule has 1 fully saturated rings. The first-order chi connectivity index (χ1) is 10.6. The summed E-state index contributed by atoms with van der Waals surface area (Å²) < 4.78 is 7.01. The van der Waals surface area contributed by atoms with Gasteiger partial charge >= 0.3 is 0 Å². The summed E-state index contributed by atoms with van der Waals surface area (Å²) in [6.45, 7) is 6.38. The summed E-state index contributed by atoms with van der Waals surface area (Å²) in [6.07, 6.45) is 5.09. The lowest BCUT2D eigenvalue weighted by molar-refractivity contribution is 0.00469. The van der Waals surface area contributed by atoms with Crippen molar-refractivity contribution in [2.45, 2.75) is 39.3 Å². The van der Waals surface area contributed by atoms with Gasteiger partial charge in [-0.1, -0.05) is 0 Å². The number of ether oxygens (including phenoxy) is 1. The van der Waals surface area contributed by atoms with Crippen molar-refractivity contribution in [3.63, 3.8) is 0 Å². The molecule has 0 amide bonds. The SMILES string of the molecule is COCC[C@]1(CO)CCCN(Cc2cn(CCO)nc2C)C1. The predicted molar refractivity (Wildman–Crippen MR) is 84.6 cm³/mol. The first kappa shape index (κ1) is 17.4. The predicted octanol–water partition coefficient (Wildman–Crippen LogP) is 0.795. The van der Waals surface area contributed by atoms with Crippen molar-refractivity contribution in [1.82, 2.24) is 14.7 Å². The fraction of sp³-hybridized carbons (Fsp3) is 0.812. The van der Waals surface area contributed by atoms with Gasteiger partial charge in [-0.25, -0.2) is 0 Å². The fourth-order valence-electron chi connectivity index (χ4n) is 3.35. The maximum atomic E-state index is 9.85. The van der Waals surface area contributed by atoms with Crippen LogP contribution in [0.4, 0.5) is 0 Å². The number of rotatable bonds is 8. The molecular formula is C16H29N3O3. The zero-order chi connectivity index (χ0) is 16.0. The highest BCUT2D eigenvalue weighted by Crippen LogP contribution is 2.33. The van der Waals surface area contributed by atoms with Crippen LogP contribution in [-0.2, 0) is 17.8 Å². The van der Waals surface area contributed by atoms with Crippen molar-refractivity contribution < 1.29 is 14.9 Å². The molecule has 6 nitrogen and oxygen atoms in total. The lowest BCUT2D eigenvalue weighted by atomic mass is 9.78. The highest BCUT2D eigenvalue weighted by atomic mass is 16.5. The van der Waals surface area contributed by atoms with Gasteiger partial charge in [0.2, 0.25) is 0 Å². The number of aliphatic hydroxyl groups excluding tert-OH is 2. The lowest BCUT2D eigenvalue weighted by Crippen LogP contribution is -2.45. The Morgan fingerprint density at radius 2 is 2.23 bits per heavy atom. The molecule has 6 heteroatoms. The van der Waals surface area contributed by atoms with Crippen LogP contribution in [0.25, 0.3) is 0 Å². The van der Waals surface area contributed by atoms with E-state index in [2.05, 4.69) is 10.00 Å². The van der Waals surface area contributed by atoms with Crippen LogP contribution < -0.4 is 0 Å². The summed E-state index contributed by atoms with van der Waals surface area (Å²) in [5, 5.41) is 23.3. The van der Waals surface area contributed by atoms with E-state index in [-0.39, 0.29) is 18.6 Å². The van der Waals surface area contributed by atoms with Crippen LogP contribution in [0.5, 0.6) is 0 Å². The van der Waals surface area contributed by atoms with Crippen LogP contribution in [-0.4, -0.2) is 64.9 Å². The maximum Gasteiger partial charge on any atom is 0.0641 e. The molecule has 0 spiro atoms. The number of piperidine rings is 1. The minimum absolute atomic E-state index is 0.0384. The number of methoxy groups -OCH3 is 1. The zero-order valence-corrected chi connectivity index (χ0v) is 13.8. The third kappa shape index (κ3) is 4.29. The van der Waals surface area contributed by atoms with E-state index in [0.29, 0.717) is 13.2 Å². The van der Waals surface area contributed by atoms with Crippen molar-refractivity contribution in [1.29, 1.82) is 0 Å². The summed E-state index contributed by atoms with van der Waals surface area (Å²) in [6, 6.07) is 0. The highest BCUT2D eigenvalue weighted by Gasteiger charge is 2.34. The third-order valence-electron chi connectivity index (χ3n) is 4.68. The molecule has 0 bridgehead atoms. The lowest BCUT2D eigenvalue weighted by Gasteiger charge is -2.41. The molecule has 2 heterocycles. The molecule has 1 aromatic heterocycles. The van der Waals surface area contributed by atoms with Crippen LogP contribution in [0.2, 0.25) is 0 Å². The molecule has 1 aliphatic heterocycles. The topological polar surface area (TPSA) is 70.8 Å². The first-order valence-corrected chi connectivity index (χ1v) is 8.08. The molecule has 0 aromatic carbocycles. The van der Waals surface area contributed by atoms with E-state index >= 15 is 0 Å². The van der Waals surface area contributed by atoms with Gasteiger partial charge in [0.1, 0.15) is 0 Å². The van der Waals surface area contributed by atoms with Gasteiger partial charge in [0, 0.05) is 44.0 Å². The van der Waals surface area contributed by atoms with Crippen molar-refractivity contribution in [3.8, 4) is 0 Å². The summed E-state index contributed by atoms with van der Waals surface area (Å²) >= 11 is 0. The zero-order valence-electron chi connectivity index (χ0n) is 13.8. The molecule has 22 heavy (non-hydrogen) atoms. The number of nitrogens with zero attached hydrogens (tertiary/aromatic N) is 3. The normalized spacial score (nSPS) is 23.1. The number of likely N-dealkylation sites (tertiary alicyclic amines) is 1. The Labute approximate surface area is 132 Å². The number of hydrogen-bond acceptors (Lipinski definition) is 5. The second kappa shape index (κ2) is 8.06. The molecule has 0 radical (unpaired) electrons. The van der Waals surface area contributed by atoms with E-state index < -0.39 is 0 Å². The highest BCUT2D eigenvalue weighted by molar-refractivity contribution is 5.15. The van der Waals surface area contributed by atoms with Crippen molar-refractivity contribution in [2.75, 3.05) is 40.0 Å². The summed E-state index contributed by atoms with van der Waals surface area (Å²) in [5.41, 5.74) is 2.18. The van der Waals surface area contributed by atoms with Gasteiger partial charge in [-0.3, -0.25) is 9.58 Å². The molecule has 0 saturated carbocycles. The van der Waals surface area contributed by atoms with Gasteiger partial charge in [-0.05, 0) is 32.7 Å². The van der Waals surface area contributed by atoms with E-state index in [9.17, 15) is 5.11 Å². The van der Waals surface area contributed by atoms with Gasteiger partial charge in [-0.15, -0.1) is 0 Å². The number of aliphatic hydroxyl groups is 2. The summed E-state index contributed by atoms with van der Waals surface area (Å²) in [7, 11) is 1.71. The van der Waals surface area contributed by atoms with Gasteiger partial charge in [-0.2, -0.15) is 5.10 Å². The van der Waals surface area contributed by atoms with Crippen LogP contribution in [0, 0.1) is 12.3 Å². The smallest absolute Gasteiger partial charge is 0.0641 e. The summed E-state index contributed by atoms with van der Waals surface area (Å²) in [5.74, 6) is 0. The Kier molecular flexibility index (Phi) is 6.37. The second-order valence-corrected chi connectivity index (χ2v) is 6.44. The Hall–Kier alpha value is -0.950. The average Bonchev–Trinajstić information content (AvgIpc) is 2.86. The Morgan fingerprint density at radius 3 is 2.91 bits per heavy atom. The Balaban J connectivity index is 2.00. The molecule has 0 unspecified atom stereocenters. The van der Waals surface area contributed by atoms with Gasteiger partial charge in [0.05, 0.1) is 25.5 Å². The van der Waals surface area contributed by atoms with Crippen LogP contribution >= 0.6 is 0 Å². The van der Waals surface area contributed by atoms with E-state index in [1.165, 1.54) is 5.56 Å². The molecule has 1 aromatic rings. The molecule has 2 rings (SSSR count). The van der Waals surface area contributed by atoms with E-state index in [1.807, 2.05) is 13.1 Å². The van der Waals surface area contributed by atoms with Crippen molar-refractivity contribution in [3.05, 3.63) is 17.5 Å².